The molecule has 0 bridgehead atoms. The number of hydrogen-bond donors (Lipinski definition) is 0. The van der Waals surface area contributed by atoms with Crippen LogP contribution in [0, 0.1) is 0 Å². The predicted octanol–water partition coefficient (Wildman–Crippen LogP) is 4.45. The van der Waals surface area contributed by atoms with E-state index in [4.69, 9.17) is 4.74 Å². The van der Waals surface area contributed by atoms with E-state index < -0.39 is 0 Å². The Morgan fingerprint density at radius 3 is 2.52 bits per heavy atom. The summed E-state index contributed by atoms with van der Waals surface area (Å²) in [5.41, 5.74) is 5.40. The van der Waals surface area contributed by atoms with Gasteiger partial charge in [0, 0.05) is 5.92 Å². The molecule has 0 fully saturated rings. The fourth-order valence-electron chi connectivity index (χ4n) is 3.48. The second-order valence-corrected chi connectivity index (χ2v) is 5.91. The summed E-state index contributed by atoms with van der Waals surface area (Å²) < 4.78 is 5.28. The Bertz CT molecular complexity index is 786. The van der Waals surface area contributed by atoms with Gasteiger partial charge in [0.2, 0.25) is 0 Å². The van der Waals surface area contributed by atoms with Gasteiger partial charge in [0.05, 0.1) is 12.2 Å². The first kappa shape index (κ1) is 15.5. The summed E-state index contributed by atoms with van der Waals surface area (Å²) in [5.74, 6) is -0.531. The Balaban J connectivity index is 2.38. The Morgan fingerprint density at radius 1 is 1.17 bits per heavy atom. The Kier molecular flexibility index (Phi) is 4.03. The predicted molar refractivity (Wildman–Crippen MR) is 90.7 cm³/mol. The van der Waals surface area contributed by atoms with E-state index in [-0.39, 0.29) is 17.7 Å². The lowest BCUT2D eigenvalue weighted by Crippen LogP contribution is -2.16. The number of Topliss-reactive ketones (excluding diaryl/α,β-unsaturated/α-hetero) is 1. The summed E-state index contributed by atoms with van der Waals surface area (Å²) in [4.78, 5) is 24.8. The number of carbonyl (C=O) groups excluding carboxylic acids is 2. The van der Waals surface area contributed by atoms with Gasteiger partial charge in [0.25, 0.3) is 0 Å². The van der Waals surface area contributed by atoms with E-state index in [9.17, 15) is 9.59 Å². The molecule has 0 spiro atoms. The van der Waals surface area contributed by atoms with E-state index in [2.05, 4.69) is 6.08 Å². The van der Waals surface area contributed by atoms with Crippen LogP contribution in [0.2, 0.25) is 0 Å². The molecule has 0 saturated heterocycles. The number of ether oxygens (including phenoxy) is 1. The molecule has 1 atom stereocenters. The minimum absolute atomic E-state index is 0.0835. The molecule has 3 nitrogen and oxygen atoms in total. The van der Waals surface area contributed by atoms with Crippen LogP contribution in [0.25, 0.3) is 16.7 Å². The lowest BCUT2D eigenvalue weighted by atomic mass is 9.82. The van der Waals surface area contributed by atoms with Crippen molar-refractivity contribution in [1.29, 1.82) is 0 Å². The average molecular weight is 308 g/mol. The molecule has 0 aromatic carbocycles. The molecule has 23 heavy (non-hydrogen) atoms. The molecule has 0 aromatic heterocycles. The summed E-state index contributed by atoms with van der Waals surface area (Å²) >= 11 is 0. The molecular formula is C20H20O3. The van der Waals surface area contributed by atoms with Crippen LogP contribution in [0.1, 0.15) is 54.6 Å². The highest BCUT2D eigenvalue weighted by molar-refractivity contribution is 6.08. The Morgan fingerprint density at radius 2 is 1.87 bits per heavy atom. The molecule has 1 unspecified atom stereocenters. The van der Waals surface area contributed by atoms with Crippen LogP contribution in [0.15, 0.2) is 36.4 Å². The maximum Gasteiger partial charge on any atom is 0.339 e. The summed E-state index contributed by atoms with van der Waals surface area (Å²) in [6.45, 7) is 5.74. The molecule has 0 aliphatic heterocycles. The lowest BCUT2D eigenvalue weighted by Gasteiger charge is -2.21. The molecule has 3 aliphatic carbocycles. The van der Waals surface area contributed by atoms with Crippen LogP contribution in [-0.2, 0) is 9.53 Å². The zero-order valence-corrected chi connectivity index (χ0v) is 13.7. The molecule has 0 radical (unpaired) electrons. The van der Waals surface area contributed by atoms with Gasteiger partial charge in [0.1, 0.15) is 5.78 Å². The van der Waals surface area contributed by atoms with Crippen LogP contribution in [0.3, 0.4) is 0 Å². The molecule has 0 N–H and O–H groups in total. The van der Waals surface area contributed by atoms with Gasteiger partial charge in [-0.15, -0.1) is 0 Å². The fraction of sp³-hybridized carbons (Fsp3) is 0.300. The second-order valence-electron chi connectivity index (χ2n) is 5.91. The lowest BCUT2D eigenvalue weighted by molar-refractivity contribution is -0.118. The summed E-state index contributed by atoms with van der Waals surface area (Å²) in [7, 11) is 0. The van der Waals surface area contributed by atoms with Crippen LogP contribution in [-0.4, -0.2) is 18.4 Å². The normalized spacial score (nSPS) is 16.7. The van der Waals surface area contributed by atoms with Crippen molar-refractivity contribution in [3.63, 3.8) is 0 Å². The van der Waals surface area contributed by atoms with Crippen molar-refractivity contribution < 1.29 is 14.3 Å². The molecule has 3 aliphatic rings. The number of ketones is 1. The first-order chi connectivity index (χ1) is 11.1. The van der Waals surface area contributed by atoms with E-state index in [0.29, 0.717) is 18.6 Å². The van der Waals surface area contributed by atoms with Gasteiger partial charge in [-0.25, -0.2) is 4.79 Å². The van der Waals surface area contributed by atoms with Crippen LogP contribution >= 0.6 is 0 Å². The smallest absolute Gasteiger partial charge is 0.339 e. The molecule has 0 saturated carbocycles. The molecule has 0 amide bonds. The van der Waals surface area contributed by atoms with Crippen LogP contribution < -0.4 is 0 Å². The number of allylic oxidation sites excluding steroid dienone is 2. The number of fused-ring (bicyclic) bond motifs is 3. The summed E-state index contributed by atoms with van der Waals surface area (Å²) in [5, 5.41) is 0. The number of esters is 1. The van der Waals surface area contributed by atoms with Crippen molar-refractivity contribution in [1.82, 2.24) is 0 Å². The quantitative estimate of drug-likeness (QED) is 0.787. The number of carbonyl (C=O) groups is 2. The Hall–Kier alpha value is -2.42. The number of rotatable bonds is 3. The SMILES string of the molecule is CCOC(=O)c1c2cccccc-2c2c1C(C(C)=O)CC=C2C. The largest absolute Gasteiger partial charge is 0.462 e. The van der Waals surface area contributed by atoms with Gasteiger partial charge in [-0.1, -0.05) is 36.4 Å². The zero-order chi connectivity index (χ0) is 16.6. The van der Waals surface area contributed by atoms with E-state index in [0.717, 1.165) is 27.8 Å². The molecule has 0 aromatic rings. The number of hydrogen-bond acceptors (Lipinski definition) is 3. The van der Waals surface area contributed by atoms with Crippen LogP contribution in [0.5, 0.6) is 0 Å². The molecule has 118 valence electrons. The topological polar surface area (TPSA) is 43.4 Å². The standard InChI is InChI=1S/C20H20O3/c1-4-23-20(22)19-16-9-7-5-6-8-15(16)17-12(2)10-11-14(13(3)21)18(17)19/h5-10,14H,4,11H2,1-3H3. The minimum Gasteiger partial charge on any atom is -0.462 e. The van der Waals surface area contributed by atoms with Gasteiger partial charge in [0.15, 0.2) is 0 Å². The first-order valence-electron chi connectivity index (χ1n) is 7.95. The van der Waals surface area contributed by atoms with Gasteiger partial charge in [-0.05, 0) is 55.0 Å². The third kappa shape index (κ3) is 2.46. The minimum atomic E-state index is -0.342. The van der Waals surface area contributed by atoms with E-state index in [1.54, 1.807) is 13.8 Å². The van der Waals surface area contributed by atoms with Crippen molar-refractivity contribution >= 4 is 17.3 Å². The Labute approximate surface area is 136 Å². The first-order valence-corrected chi connectivity index (χ1v) is 7.95. The van der Waals surface area contributed by atoms with E-state index in [1.807, 2.05) is 37.3 Å². The maximum atomic E-state index is 12.6. The highest BCUT2D eigenvalue weighted by Crippen LogP contribution is 2.47. The van der Waals surface area contributed by atoms with Crippen molar-refractivity contribution in [2.45, 2.75) is 33.1 Å². The zero-order valence-electron chi connectivity index (χ0n) is 13.7. The molecule has 3 rings (SSSR count). The van der Waals surface area contributed by atoms with Gasteiger partial charge in [-0.2, -0.15) is 0 Å². The fourth-order valence-corrected chi connectivity index (χ4v) is 3.48. The van der Waals surface area contributed by atoms with Crippen molar-refractivity contribution in [2.24, 2.45) is 0 Å². The third-order valence-electron chi connectivity index (χ3n) is 4.49. The molecule has 0 heterocycles. The van der Waals surface area contributed by atoms with Crippen molar-refractivity contribution in [3.05, 3.63) is 53.1 Å². The van der Waals surface area contributed by atoms with Crippen LogP contribution in [0.4, 0.5) is 0 Å². The highest BCUT2D eigenvalue weighted by Gasteiger charge is 2.35. The molecular weight excluding hydrogens is 288 g/mol. The summed E-state index contributed by atoms with van der Waals surface area (Å²) in [6.07, 6.45) is 2.73. The highest BCUT2D eigenvalue weighted by atomic mass is 16.5. The second kappa shape index (κ2) is 5.99. The van der Waals surface area contributed by atoms with Gasteiger partial charge < -0.3 is 4.74 Å². The van der Waals surface area contributed by atoms with Gasteiger partial charge in [-0.3, -0.25) is 4.79 Å². The summed E-state index contributed by atoms with van der Waals surface area (Å²) in [6, 6.07) is 9.76. The van der Waals surface area contributed by atoms with E-state index >= 15 is 0 Å². The molecule has 3 heteroatoms. The maximum absolute atomic E-state index is 12.6. The van der Waals surface area contributed by atoms with Crippen molar-refractivity contribution in [3.8, 4) is 11.1 Å². The average Bonchev–Trinajstić information content (AvgIpc) is 2.66. The monoisotopic (exact) mass is 308 g/mol. The van der Waals surface area contributed by atoms with E-state index in [1.165, 1.54) is 0 Å². The third-order valence-corrected chi connectivity index (χ3v) is 4.49. The van der Waals surface area contributed by atoms with Crippen molar-refractivity contribution in [2.75, 3.05) is 6.61 Å². The van der Waals surface area contributed by atoms with Gasteiger partial charge >= 0.3 is 5.97 Å².